The van der Waals surface area contributed by atoms with Crippen molar-refractivity contribution >= 4 is 22.8 Å². The van der Waals surface area contributed by atoms with Crippen LogP contribution in [0.4, 0.5) is 0 Å². The first-order valence-electron chi connectivity index (χ1n) is 6.32. The highest BCUT2D eigenvalue weighted by Crippen LogP contribution is 2.28. The molecule has 1 aromatic heterocycles. The zero-order valence-electron chi connectivity index (χ0n) is 11.4. The predicted molar refractivity (Wildman–Crippen MR) is 71.4 cm³/mol. The second-order valence-corrected chi connectivity index (χ2v) is 5.14. The van der Waals surface area contributed by atoms with Crippen molar-refractivity contribution in [2.75, 3.05) is 0 Å². The van der Waals surface area contributed by atoms with Crippen molar-refractivity contribution < 1.29 is 19.1 Å². The van der Waals surface area contributed by atoms with Gasteiger partial charge in [0.2, 0.25) is 5.92 Å². The van der Waals surface area contributed by atoms with Gasteiger partial charge in [-0.25, -0.2) is 4.98 Å². The summed E-state index contributed by atoms with van der Waals surface area (Å²) in [6.45, 7) is 2.91. The molecule has 1 N–H and O–H groups in total. The Morgan fingerprint density at radius 1 is 1.10 bits per heavy atom. The molecule has 2 heterocycles. The number of ether oxygens (including phenoxy) is 2. The highest BCUT2D eigenvalue weighted by molar-refractivity contribution is 6.01. The number of hydrogen-bond donors (Lipinski definition) is 1. The summed E-state index contributed by atoms with van der Waals surface area (Å²) in [5.74, 6) is -4.37. The number of carbonyl (C=O) groups is 2. The second kappa shape index (κ2) is 4.41. The molecule has 0 unspecified atom stereocenters. The first-order chi connectivity index (χ1) is 9.87. The molecule has 2 aromatic rings. The minimum Gasteiger partial charge on any atom is -0.422 e. The van der Waals surface area contributed by atoms with Crippen LogP contribution in [0.1, 0.15) is 25.6 Å². The lowest BCUT2D eigenvalue weighted by Gasteiger charge is -2.32. The average molecular weight is 288 g/mol. The summed E-state index contributed by atoms with van der Waals surface area (Å²) >= 11 is 0. The molecule has 3 rings (SSSR count). The fraction of sp³-hybridized carbons (Fsp3) is 0.286. The number of carbonyl (C=O) groups excluding carboxylic acids is 2. The quantitative estimate of drug-likeness (QED) is 0.617. The molecule has 0 aliphatic carbocycles. The molecule has 108 valence electrons. The highest BCUT2D eigenvalue weighted by atomic mass is 16.7. The van der Waals surface area contributed by atoms with Gasteiger partial charge in [-0.15, -0.1) is 0 Å². The monoisotopic (exact) mass is 288 g/mol. The lowest BCUT2D eigenvalue weighted by Crippen LogP contribution is -2.45. The zero-order valence-corrected chi connectivity index (χ0v) is 11.4. The average Bonchev–Trinajstić information content (AvgIpc) is 2.36. The van der Waals surface area contributed by atoms with Gasteiger partial charge in [0.05, 0.1) is 10.9 Å². The van der Waals surface area contributed by atoms with Gasteiger partial charge in [0.25, 0.3) is 11.3 Å². The predicted octanol–water partition coefficient (Wildman–Crippen LogP) is 0.843. The van der Waals surface area contributed by atoms with Crippen molar-refractivity contribution in [3.05, 3.63) is 40.4 Å². The van der Waals surface area contributed by atoms with Crippen LogP contribution in [-0.4, -0.2) is 27.7 Å². The number of rotatable bonds is 1. The van der Waals surface area contributed by atoms with Gasteiger partial charge < -0.3 is 14.5 Å². The molecule has 0 bridgehead atoms. The number of esters is 2. The SMILES string of the molecule is CC1(C)OC(=O)C(c2nc3ccccc3c(=O)[nH]2)C(=O)O1. The summed E-state index contributed by atoms with van der Waals surface area (Å²) in [6, 6.07) is 6.63. The standard InChI is InChI=1S/C14H12N2O5/c1-14(2)20-12(18)9(13(19)21-14)10-15-8-6-4-3-5-7(8)11(17)16-10/h3-6,9H,1-2H3,(H,15,16,17). The molecule has 1 aliphatic heterocycles. The minimum atomic E-state index is -1.38. The van der Waals surface area contributed by atoms with Crippen molar-refractivity contribution in [3.63, 3.8) is 0 Å². The van der Waals surface area contributed by atoms with Crippen LogP contribution in [0.2, 0.25) is 0 Å². The van der Waals surface area contributed by atoms with E-state index in [2.05, 4.69) is 9.97 Å². The first-order valence-corrected chi connectivity index (χ1v) is 6.32. The summed E-state index contributed by atoms with van der Waals surface area (Å²) in [4.78, 5) is 42.5. The minimum absolute atomic E-state index is 0.0794. The van der Waals surface area contributed by atoms with Gasteiger partial charge in [0.15, 0.2) is 0 Å². The fourth-order valence-corrected chi connectivity index (χ4v) is 2.18. The number of nitrogens with zero attached hydrogens (tertiary/aromatic N) is 1. The van der Waals surface area contributed by atoms with E-state index in [-0.39, 0.29) is 5.82 Å². The number of aromatic nitrogens is 2. The van der Waals surface area contributed by atoms with E-state index in [1.54, 1.807) is 24.3 Å². The van der Waals surface area contributed by atoms with E-state index < -0.39 is 29.2 Å². The Balaban J connectivity index is 2.10. The Morgan fingerprint density at radius 2 is 1.71 bits per heavy atom. The summed E-state index contributed by atoms with van der Waals surface area (Å²) in [7, 11) is 0. The number of benzene rings is 1. The Morgan fingerprint density at radius 3 is 2.38 bits per heavy atom. The molecule has 0 amide bonds. The largest absolute Gasteiger partial charge is 0.422 e. The van der Waals surface area contributed by atoms with Crippen LogP contribution < -0.4 is 5.56 Å². The van der Waals surface area contributed by atoms with Gasteiger partial charge in [0.1, 0.15) is 5.82 Å². The molecular weight excluding hydrogens is 276 g/mol. The van der Waals surface area contributed by atoms with Crippen LogP contribution >= 0.6 is 0 Å². The van der Waals surface area contributed by atoms with Gasteiger partial charge in [-0.05, 0) is 12.1 Å². The third kappa shape index (κ3) is 2.26. The number of hydrogen-bond acceptors (Lipinski definition) is 6. The van der Waals surface area contributed by atoms with E-state index in [1.807, 2.05) is 0 Å². The van der Waals surface area contributed by atoms with Crippen molar-refractivity contribution in [2.24, 2.45) is 0 Å². The normalized spacial score (nSPS) is 18.4. The molecule has 0 saturated carbocycles. The van der Waals surface area contributed by atoms with Crippen molar-refractivity contribution in [1.29, 1.82) is 0 Å². The van der Waals surface area contributed by atoms with E-state index in [1.165, 1.54) is 13.8 Å². The van der Waals surface area contributed by atoms with E-state index in [0.717, 1.165) is 0 Å². The number of para-hydroxylation sites is 1. The first kappa shape index (κ1) is 13.3. The molecule has 7 nitrogen and oxygen atoms in total. The number of H-pyrrole nitrogens is 1. The zero-order chi connectivity index (χ0) is 15.2. The molecule has 21 heavy (non-hydrogen) atoms. The lowest BCUT2D eigenvalue weighted by molar-refractivity contribution is -0.235. The maximum atomic E-state index is 12.0. The van der Waals surface area contributed by atoms with Gasteiger partial charge in [0, 0.05) is 13.8 Å². The van der Waals surface area contributed by atoms with E-state index in [0.29, 0.717) is 10.9 Å². The number of aromatic amines is 1. The molecule has 0 radical (unpaired) electrons. The van der Waals surface area contributed by atoms with E-state index in [4.69, 9.17) is 9.47 Å². The molecule has 1 saturated heterocycles. The number of cyclic esters (lactones) is 2. The smallest absolute Gasteiger partial charge is 0.331 e. The fourth-order valence-electron chi connectivity index (χ4n) is 2.18. The van der Waals surface area contributed by atoms with Crippen LogP contribution in [0.3, 0.4) is 0 Å². The molecule has 1 fully saturated rings. The van der Waals surface area contributed by atoms with Gasteiger partial charge >= 0.3 is 11.9 Å². The lowest BCUT2D eigenvalue weighted by atomic mass is 10.1. The molecule has 0 spiro atoms. The summed E-state index contributed by atoms with van der Waals surface area (Å²) in [5, 5.41) is 0.374. The molecule has 1 aliphatic rings. The van der Waals surface area contributed by atoms with Crippen LogP contribution in [0, 0.1) is 0 Å². The van der Waals surface area contributed by atoms with Crippen LogP contribution in [-0.2, 0) is 19.1 Å². The number of fused-ring (bicyclic) bond motifs is 1. The van der Waals surface area contributed by atoms with Gasteiger partial charge in [-0.1, -0.05) is 12.1 Å². The van der Waals surface area contributed by atoms with Crippen molar-refractivity contribution in [2.45, 2.75) is 25.6 Å². The van der Waals surface area contributed by atoms with E-state index >= 15 is 0 Å². The maximum Gasteiger partial charge on any atom is 0.331 e. The third-order valence-electron chi connectivity index (χ3n) is 3.07. The van der Waals surface area contributed by atoms with Crippen molar-refractivity contribution in [3.8, 4) is 0 Å². The summed E-state index contributed by atoms with van der Waals surface area (Å²) in [6.07, 6.45) is 0. The van der Waals surface area contributed by atoms with Crippen LogP contribution in [0.25, 0.3) is 10.9 Å². The Hall–Kier alpha value is -2.70. The highest BCUT2D eigenvalue weighted by Gasteiger charge is 2.45. The van der Waals surface area contributed by atoms with Crippen molar-refractivity contribution in [1.82, 2.24) is 9.97 Å². The van der Waals surface area contributed by atoms with E-state index in [9.17, 15) is 14.4 Å². The van der Waals surface area contributed by atoms with Crippen LogP contribution in [0.5, 0.6) is 0 Å². The molecular formula is C14H12N2O5. The topological polar surface area (TPSA) is 98.4 Å². The summed E-state index contributed by atoms with van der Waals surface area (Å²) < 4.78 is 10.0. The maximum absolute atomic E-state index is 12.0. The Kier molecular flexibility index (Phi) is 2.79. The Bertz CT molecular complexity index is 788. The van der Waals surface area contributed by atoms with Crippen LogP contribution in [0.15, 0.2) is 29.1 Å². The molecule has 0 atom stereocenters. The number of nitrogens with one attached hydrogen (secondary N) is 1. The Labute approximate surface area is 118 Å². The van der Waals surface area contributed by atoms with Gasteiger partial charge in [-0.3, -0.25) is 14.4 Å². The van der Waals surface area contributed by atoms with Gasteiger partial charge in [-0.2, -0.15) is 0 Å². The second-order valence-electron chi connectivity index (χ2n) is 5.14. The molecule has 7 heteroatoms. The third-order valence-corrected chi connectivity index (χ3v) is 3.07. The summed E-state index contributed by atoms with van der Waals surface area (Å²) in [5.41, 5.74) is -0.0392. The molecule has 1 aromatic carbocycles.